The predicted octanol–water partition coefficient (Wildman–Crippen LogP) is 2.33. The number of ether oxygens (including phenoxy) is 1. The summed E-state index contributed by atoms with van der Waals surface area (Å²) in [6.45, 7) is -0.486. The van der Waals surface area contributed by atoms with Crippen LogP contribution in [0.2, 0.25) is 0 Å². The Labute approximate surface area is 110 Å². The Hall–Kier alpha value is -1.31. The lowest BCUT2D eigenvalue weighted by Gasteiger charge is -2.16. The normalized spacial score (nSPS) is 11.2. The molecular formula is C10H10BrF3N2O2. The van der Waals surface area contributed by atoms with Crippen LogP contribution in [0.5, 0.6) is 5.75 Å². The summed E-state index contributed by atoms with van der Waals surface area (Å²) in [6.07, 6.45) is -3.56. The zero-order chi connectivity index (χ0) is 13.9. The summed E-state index contributed by atoms with van der Waals surface area (Å²) < 4.78 is 42.9. The number of hydrogen-bond donors (Lipinski definition) is 0. The Bertz CT molecular complexity index is 449. The zero-order valence-electron chi connectivity index (χ0n) is 9.58. The summed E-state index contributed by atoms with van der Waals surface area (Å²) >= 11 is 2.87. The van der Waals surface area contributed by atoms with Crippen molar-refractivity contribution in [1.29, 1.82) is 0 Å². The highest BCUT2D eigenvalue weighted by molar-refractivity contribution is 9.10. The molecule has 0 unspecified atom stereocenters. The first-order valence-electron chi connectivity index (χ1n) is 4.78. The average molecular weight is 327 g/mol. The monoisotopic (exact) mass is 326 g/mol. The van der Waals surface area contributed by atoms with Crippen molar-refractivity contribution in [1.82, 2.24) is 9.88 Å². The van der Waals surface area contributed by atoms with E-state index in [4.69, 9.17) is 4.74 Å². The van der Waals surface area contributed by atoms with Crippen LogP contribution in [0, 0.1) is 0 Å². The Morgan fingerprint density at radius 1 is 1.50 bits per heavy atom. The second kappa shape index (κ2) is 5.55. The molecule has 0 saturated carbocycles. The van der Waals surface area contributed by atoms with Gasteiger partial charge < -0.3 is 9.64 Å². The van der Waals surface area contributed by atoms with E-state index in [0.717, 1.165) is 12.3 Å². The van der Waals surface area contributed by atoms with Gasteiger partial charge in [-0.3, -0.25) is 4.79 Å². The van der Waals surface area contributed by atoms with Crippen LogP contribution >= 0.6 is 15.9 Å². The Balaban J connectivity index is 2.98. The summed E-state index contributed by atoms with van der Waals surface area (Å²) in [5.74, 6) is -0.931. The molecule has 0 aliphatic rings. The van der Waals surface area contributed by atoms with Gasteiger partial charge in [-0.2, -0.15) is 13.2 Å². The maximum absolute atomic E-state index is 12.7. The van der Waals surface area contributed by atoms with E-state index < -0.39 is 30.0 Å². The fraction of sp³-hybridized carbons (Fsp3) is 0.400. The first kappa shape index (κ1) is 14.7. The van der Waals surface area contributed by atoms with Gasteiger partial charge in [-0.25, -0.2) is 4.98 Å². The van der Waals surface area contributed by atoms with Crippen LogP contribution in [0.3, 0.4) is 0 Å². The number of alkyl halides is 3. The standard InChI is InChI=1S/C10H10BrF3N2O2/c1-16(2)7(17)5-18-8-6(10(12,13)14)3-4-15-9(8)11/h3-4H,5H2,1-2H3. The number of nitrogens with zero attached hydrogens (tertiary/aromatic N) is 2. The molecule has 0 atom stereocenters. The van der Waals surface area contributed by atoms with Gasteiger partial charge in [0.1, 0.15) is 10.2 Å². The van der Waals surface area contributed by atoms with E-state index in [2.05, 4.69) is 20.9 Å². The predicted molar refractivity (Wildman–Crippen MR) is 61.1 cm³/mol. The van der Waals surface area contributed by atoms with E-state index >= 15 is 0 Å². The van der Waals surface area contributed by atoms with Crippen molar-refractivity contribution < 1.29 is 22.7 Å². The number of halogens is 4. The summed E-state index contributed by atoms with van der Waals surface area (Å²) in [4.78, 5) is 16.1. The minimum atomic E-state index is -4.57. The lowest BCUT2D eigenvalue weighted by molar-refractivity contribution is -0.140. The first-order valence-corrected chi connectivity index (χ1v) is 5.57. The maximum Gasteiger partial charge on any atom is 0.420 e. The van der Waals surface area contributed by atoms with E-state index in [-0.39, 0.29) is 4.60 Å². The number of carbonyl (C=O) groups excluding carboxylic acids is 1. The highest BCUT2D eigenvalue weighted by Gasteiger charge is 2.35. The van der Waals surface area contributed by atoms with Gasteiger partial charge in [-0.1, -0.05) is 0 Å². The topological polar surface area (TPSA) is 42.4 Å². The van der Waals surface area contributed by atoms with Gasteiger partial charge in [-0.05, 0) is 22.0 Å². The van der Waals surface area contributed by atoms with E-state index in [1.54, 1.807) is 0 Å². The third-order valence-corrected chi connectivity index (χ3v) is 2.57. The molecule has 1 amide bonds. The molecule has 1 aromatic heterocycles. The van der Waals surface area contributed by atoms with Crippen molar-refractivity contribution in [2.24, 2.45) is 0 Å². The summed E-state index contributed by atoms with van der Waals surface area (Å²) in [7, 11) is 2.96. The molecular weight excluding hydrogens is 317 g/mol. The second-order valence-electron chi connectivity index (χ2n) is 3.55. The van der Waals surface area contributed by atoms with Gasteiger partial charge in [0.05, 0.1) is 0 Å². The molecule has 0 bridgehead atoms. The Morgan fingerprint density at radius 2 is 2.11 bits per heavy atom. The number of pyridine rings is 1. The fourth-order valence-corrected chi connectivity index (χ4v) is 1.49. The van der Waals surface area contributed by atoms with Gasteiger partial charge in [0, 0.05) is 20.3 Å². The van der Waals surface area contributed by atoms with Crippen molar-refractivity contribution in [3.8, 4) is 5.75 Å². The Morgan fingerprint density at radius 3 is 2.61 bits per heavy atom. The molecule has 0 N–H and O–H groups in total. The molecule has 18 heavy (non-hydrogen) atoms. The van der Waals surface area contributed by atoms with Crippen LogP contribution in [0.1, 0.15) is 5.56 Å². The molecule has 1 aromatic rings. The van der Waals surface area contributed by atoms with Crippen LogP contribution in [0.25, 0.3) is 0 Å². The lowest BCUT2D eigenvalue weighted by atomic mass is 10.2. The largest absolute Gasteiger partial charge is 0.480 e. The average Bonchev–Trinajstić information content (AvgIpc) is 2.25. The molecule has 0 spiro atoms. The fourth-order valence-electron chi connectivity index (χ4n) is 1.05. The number of amides is 1. The number of rotatable bonds is 3. The molecule has 0 aliphatic heterocycles. The highest BCUT2D eigenvalue weighted by atomic mass is 79.9. The number of hydrogen-bond acceptors (Lipinski definition) is 3. The SMILES string of the molecule is CN(C)C(=O)COc1c(C(F)(F)F)ccnc1Br. The first-order chi connectivity index (χ1) is 8.23. The smallest absolute Gasteiger partial charge is 0.420 e. The van der Waals surface area contributed by atoms with Gasteiger partial charge in [0.15, 0.2) is 12.4 Å². The van der Waals surface area contributed by atoms with Crippen LogP contribution in [0.4, 0.5) is 13.2 Å². The summed E-state index contributed by atoms with van der Waals surface area (Å²) in [5.41, 5.74) is -0.976. The van der Waals surface area contributed by atoms with E-state index in [0.29, 0.717) is 0 Å². The maximum atomic E-state index is 12.7. The van der Waals surface area contributed by atoms with Crippen LogP contribution in [0.15, 0.2) is 16.9 Å². The van der Waals surface area contributed by atoms with Crippen molar-refractivity contribution in [3.63, 3.8) is 0 Å². The molecule has 4 nitrogen and oxygen atoms in total. The van der Waals surface area contributed by atoms with Crippen molar-refractivity contribution in [2.75, 3.05) is 20.7 Å². The minimum Gasteiger partial charge on any atom is -0.480 e. The third-order valence-electron chi connectivity index (χ3n) is 2.01. The molecule has 0 aromatic carbocycles. The molecule has 1 rings (SSSR count). The van der Waals surface area contributed by atoms with Crippen LogP contribution < -0.4 is 4.74 Å². The van der Waals surface area contributed by atoms with Crippen LogP contribution in [-0.4, -0.2) is 36.5 Å². The van der Waals surface area contributed by atoms with Crippen molar-refractivity contribution >= 4 is 21.8 Å². The van der Waals surface area contributed by atoms with E-state index in [1.165, 1.54) is 19.0 Å². The van der Waals surface area contributed by atoms with Gasteiger partial charge in [0.2, 0.25) is 0 Å². The third kappa shape index (κ3) is 3.59. The van der Waals surface area contributed by atoms with Crippen molar-refractivity contribution in [2.45, 2.75) is 6.18 Å². The minimum absolute atomic E-state index is 0.0936. The molecule has 0 radical (unpaired) electrons. The van der Waals surface area contributed by atoms with Gasteiger partial charge >= 0.3 is 6.18 Å². The summed E-state index contributed by atoms with van der Waals surface area (Å²) in [6, 6.07) is 0.792. The number of likely N-dealkylation sites (N-methyl/N-ethyl adjacent to an activating group) is 1. The summed E-state index contributed by atoms with van der Waals surface area (Å²) in [5, 5.41) is 0. The highest BCUT2D eigenvalue weighted by Crippen LogP contribution is 2.39. The molecule has 100 valence electrons. The number of carbonyl (C=O) groups is 1. The molecule has 0 aliphatic carbocycles. The Kier molecular flexibility index (Phi) is 4.55. The molecule has 8 heteroatoms. The number of aromatic nitrogens is 1. The van der Waals surface area contributed by atoms with E-state index in [1.807, 2.05) is 0 Å². The molecule has 0 saturated heterocycles. The molecule has 0 fully saturated rings. The van der Waals surface area contributed by atoms with Gasteiger partial charge in [-0.15, -0.1) is 0 Å². The molecule has 1 heterocycles. The van der Waals surface area contributed by atoms with Crippen molar-refractivity contribution in [3.05, 3.63) is 22.4 Å². The zero-order valence-corrected chi connectivity index (χ0v) is 11.2. The van der Waals surface area contributed by atoms with Crippen LogP contribution in [-0.2, 0) is 11.0 Å². The van der Waals surface area contributed by atoms with Gasteiger partial charge in [0.25, 0.3) is 5.91 Å². The second-order valence-corrected chi connectivity index (χ2v) is 4.30. The quantitative estimate of drug-likeness (QED) is 0.801. The van der Waals surface area contributed by atoms with E-state index in [9.17, 15) is 18.0 Å². The lowest BCUT2D eigenvalue weighted by Crippen LogP contribution is -2.28.